The van der Waals surface area contributed by atoms with Crippen LogP contribution < -0.4 is 4.74 Å². The second-order valence-electron chi connectivity index (χ2n) is 3.89. The fraction of sp³-hybridized carbons (Fsp3) is 0.417. The summed E-state index contributed by atoms with van der Waals surface area (Å²) in [5, 5.41) is 8.90. The Balaban J connectivity index is 2.93. The monoisotopic (exact) mass is 223 g/mol. The first-order valence-electron chi connectivity index (χ1n) is 5.09. The van der Waals surface area contributed by atoms with Crippen LogP contribution in [0.5, 0.6) is 5.75 Å². The number of rotatable bonds is 5. The molecule has 0 aliphatic heterocycles. The largest absolute Gasteiger partial charge is 0.496 e. The number of nitrogens with zero attached hydrogens (tertiary/aromatic N) is 1. The van der Waals surface area contributed by atoms with Crippen LogP contribution in [-0.4, -0.2) is 43.7 Å². The van der Waals surface area contributed by atoms with Crippen LogP contribution in [0, 0.1) is 0 Å². The molecule has 0 spiro atoms. The SMILES string of the molecule is COc1ccc(C(=O)O)cc1CCN(C)C. The quantitative estimate of drug-likeness (QED) is 0.821. The number of hydrogen-bond donors (Lipinski definition) is 1. The van der Waals surface area contributed by atoms with Crippen molar-refractivity contribution in [3.05, 3.63) is 29.3 Å². The molecule has 1 aromatic carbocycles. The molecule has 0 bridgehead atoms. The summed E-state index contributed by atoms with van der Waals surface area (Å²) in [4.78, 5) is 12.9. The van der Waals surface area contributed by atoms with Crippen molar-refractivity contribution in [3.63, 3.8) is 0 Å². The summed E-state index contributed by atoms with van der Waals surface area (Å²) in [6.45, 7) is 0.861. The van der Waals surface area contributed by atoms with Gasteiger partial charge in [-0.2, -0.15) is 0 Å². The highest BCUT2D eigenvalue weighted by Gasteiger charge is 2.08. The van der Waals surface area contributed by atoms with E-state index in [1.54, 1.807) is 25.3 Å². The molecule has 0 unspecified atom stereocenters. The van der Waals surface area contributed by atoms with E-state index in [9.17, 15) is 4.79 Å². The van der Waals surface area contributed by atoms with E-state index >= 15 is 0 Å². The van der Waals surface area contributed by atoms with Gasteiger partial charge in [0.25, 0.3) is 0 Å². The zero-order valence-corrected chi connectivity index (χ0v) is 9.86. The average Bonchev–Trinajstić information content (AvgIpc) is 2.25. The van der Waals surface area contributed by atoms with Crippen LogP contribution in [0.2, 0.25) is 0 Å². The van der Waals surface area contributed by atoms with E-state index in [-0.39, 0.29) is 0 Å². The number of likely N-dealkylation sites (N-methyl/N-ethyl adjacent to an activating group) is 1. The Bertz CT molecular complexity index is 375. The Morgan fingerprint density at radius 1 is 1.44 bits per heavy atom. The normalized spacial score (nSPS) is 10.5. The van der Waals surface area contributed by atoms with Crippen molar-refractivity contribution in [1.82, 2.24) is 4.90 Å². The molecule has 1 N–H and O–H groups in total. The molecule has 1 aromatic rings. The molecule has 0 aromatic heterocycles. The smallest absolute Gasteiger partial charge is 0.335 e. The number of carboxylic acids is 1. The number of carboxylic acid groups (broad SMARTS) is 1. The Labute approximate surface area is 95.5 Å². The number of benzene rings is 1. The lowest BCUT2D eigenvalue weighted by Gasteiger charge is -2.12. The lowest BCUT2D eigenvalue weighted by molar-refractivity contribution is 0.0696. The third kappa shape index (κ3) is 3.24. The first-order valence-corrected chi connectivity index (χ1v) is 5.09. The molecule has 4 heteroatoms. The molecule has 0 aliphatic carbocycles. The number of carbonyl (C=O) groups is 1. The summed E-state index contributed by atoms with van der Waals surface area (Å²) in [6, 6.07) is 4.93. The molecule has 0 fully saturated rings. The molecule has 0 saturated carbocycles. The van der Waals surface area contributed by atoms with Gasteiger partial charge in [-0.1, -0.05) is 0 Å². The van der Waals surface area contributed by atoms with Crippen LogP contribution >= 0.6 is 0 Å². The molecule has 0 radical (unpaired) electrons. The molecule has 0 heterocycles. The van der Waals surface area contributed by atoms with Crippen LogP contribution in [0.3, 0.4) is 0 Å². The van der Waals surface area contributed by atoms with Gasteiger partial charge in [-0.3, -0.25) is 0 Å². The number of methoxy groups -OCH3 is 1. The van der Waals surface area contributed by atoms with Crippen molar-refractivity contribution in [2.24, 2.45) is 0 Å². The molecule has 0 saturated heterocycles. The first kappa shape index (κ1) is 12.5. The minimum Gasteiger partial charge on any atom is -0.496 e. The van der Waals surface area contributed by atoms with Gasteiger partial charge in [0, 0.05) is 6.54 Å². The van der Waals surface area contributed by atoms with E-state index in [2.05, 4.69) is 0 Å². The molecule has 0 amide bonds. The zero-order valence-electron chi connectivity index (χ0n) is 9.86. The summed E-state index contributed by atoms with van der Waals surface area (Å²) in [6.07, 6.45) is 0.775. The van der Waals surface area contributed by atoms with Crippen molar-refractivity contribution in [1.29, 1.82) is 0 Å². The van der Waals surface area contributed by atoms with Gasteiger partial charge < -0.3 is 14.7 Å². The minimum absolute atomic E-state index is 0.301. The van der Waals surface area contributed by atoms with E-state index in [0.717, 1.165) is 24.3 Å². The van der Waals surface area contributed by atoms with Gasteiger partial charge in [-0.15, -0.1) is 0 Å². The van der Waals surface area contributed by atoms with E-state index in [0.29, 0.717) is 5.56 Å². The van der Waals surface area contributed by atoms with Gasteiger partial charge in [-0.05, 0) is 44.3 Å². The van der Waals surface area contributed by atoms with E-state index in [4.69, 9.17) is 9.84 Å². The lowest BCUT2D eigenvalue weighted by atomic mass is 10.1. The second-order valence-corrected chi connectivity index (χ2v) is 3.89. The van der Waals surface area contributed by atoms with E-state index in [1.165, 1.54) is 0 Å². The van der Waals surface area contributed by atoms with Crippen molar-refractivity contribution < 1.29 is 14.6 Å². The van der Waals surface area contributed by atoms with Crippen LogP contribution in [-0.2, 0) is 6.42 Å². The molecule has 16 heavy (non-hydrogen) atoms. The van der Waals surface area contributed by atoms with Gasteiger partial charge >= 0.3 is 5.97 Å². The highest BCUT2D eigenvalue weighted by molar-refractivity contribution is 5.88. The number of aromatic carboxylic acids is 1. The van der Waals surface area contributed by atoms with E-state index < -0.39 is 5.97 Å². The van der Waals surface area contributed by atoms with E-state index in [1.807, 2.05) is 19.0 Å². The molecule has 4 nitrogen and oxygen atoms in total. The Morgan fingerprint density at radius 2 is 2.12 bits per heavy atom. The molecule has 0 aliphatic rings. The maximum atomic E-state index is 10.8. The number of hydrogen-bond acceptors (Lipinski definition) is 3. The van der Waals surface area contributed by atoms with Gasteiger partial charge in [0.15, 0.2) is 0 Å². The average molecular weight is 223 g/mol. The predicted octanol–water partition coefficient (Wildman–Crippen LogP) is 1.50. The second kappa shape index (κ2) is 5.51. The summed E-state index contributed by atoms with van der Waals surface area (Å²) < 4.78 is 5.20. The Kier molecular flexibility index (Phi) is 4.31. The van der Waals surface area contributed by atoms with Crippen molar-refractivity contribution in [2.45, 2.75) is 6.42 Å². The molecule has 88 valence electrons. The van der Waals surface area contributed by atoms with Gasteiger partial charge in [0.05, 0.1) is 12.7 Å². The first-order chi connectivity index (χ1) is 7.54. The maximum Gasteiger partial charge on any atom is 0.335 e. The summed E-state index contributed by atoms with van der Waals surface area (Å²) >= 11 is 0. The third-order valence-electron chi connectivity index (χ3n) is 2.36. The maximum absolute atomic E-state index is 10.8. The van der Waals surface area contributed by atoms with Gasteiger partial charge in [0.2, 0.25) is 0 Å². The molecular weight excluding hydrogens is 206 g/mol. The van der Waals surface area contributed by atoms with Crippen LogP contribution in [0.1, 0.15) is 15.9 Å². The van der Waals surface area contributed by atoms with Crippen LogP contribution in [0.4, 0.5) is 0 Å². The Hall–Kier alpha value is -1.55. The minimum atomic E-state index is -0.909. The van der Waals surface area contributed by atoms with Gasteiger partial charge in [-0.25, -0.2) is 4.79 Å². The van der Waals surface area contributed by atoms with Crippen LogP contribution in [0.15, 0.2) is 18.2 Å². The van der Waals surface area contributed by atoms with Crippen molar-refractivity contribution in [2.75, 3.05) is 27.7 Å². The molecule has 0 atom stereocenters. The molecular formula is C12H17NO3. The third-order valence-corrected chi connectivity index (χ3v) is 2.36. The highest BCUT2D eigenvalue weighted by Crippen LogP contribution is 2.20. The summed E-state index contributed by atoms with van der Waals surface area (Å²) in [5.74, 6) is -0.166. The topological polar surface area (TPSA) is 49.8 Å². The summed E-state index contributed by atoms with van der Waals surface area (Å²) in [5.41, 5.74) is 1.23. The highest BCUT2D eigenvalue weighted by atomic mass is 16.5. The van der Waals surface area contributed by atoms with Crippen LogP contribution in [0.25, 0.3) is 0 Å². The standard InChI is InChI=1S/C12H17NO3/c1-13(2)7-6-9-8-10(12(14)15)4-5-11(9)16-3/h4-5,8H,6-7H2,1-3H3,(H,14,15). The van der Waals surface area contributed by atoms with Crippen molar-refractivity contribution >= 4 is 5.97 Å². The van der Waals surface area contributed by atoms with Crippen molar-refractivity contribution in [3.8, 4) is 5.75 Å². The lowest BCUT2D eigenvalue weighted by Crippen LogP contribution is -2.15. The number of ether oxygens (including phenoxy) is 1. The predicted molar refractivity (Wildman–Crippen MR) is 62.2 cm³/mol. The zero-order chi connectivity index (χ0) is 12.1. The summed E-state index contributed by atoms with van der Waals surface area (Å²) in [7, 11) is 5.55. The molecule has 1 rings (SSSR count). The van der Waals surface area contributed by atoms with Gasteiger partial charge in [0.1, 0.15) is 5.75 Å². The fourth-order valence-corrected chi connectivity index (χ4v) is 1.45. The fourth-order valence-electron chi connectivity index (χ4n) is 1.45. The Morgan fingerprint density at radius 3 is 2.62 bits per heavy atom.